The van der Waals surface area contributed by atoms with Gasteiger partial charge in [0.1, 0.15) is 13.2 Å². The zero-order valence-corrected chi connectivity index (χ0v) is 14.4. The Balaban J connectivity index is 1.46. The summed E-state index contributed by atoms with van der Waals surface area (Å²) in [5.41, 5.74) is 1.25. The van der Waals surface area contributed by atoms with Gasteiger partial charge in [-0.1, -0.05) is 11.2 Å². The van der Waals surface area contributed by atoms with E-state index in [4.69, 9.17) is 18.7 Å². The van der Waals surface area contributed by atoms with Gasteiger partial charge < -0.3 is 18.7 Å². The molecule has 25 heavy (non-hydrogen) atoms. The molecular weight excluding hydrogens is 322 g/mol. The summed E-state index contributed by atoms with van der Waals surface area (Å²) < 4.78 is 21.8. The summed E-state index contributed by atoms with van der Waals surface area (Å²) in [4.78, 5) is 6.85. The van der Waals surface area contributed by atoms with Crippen LogP contribution in [-0.2, 0) is 17.7 Å². The first-order valence-electron chi connectivity index (χ1n) is 8.77. The van der Waals surface area contributed by atoms with E-state index in [2.05, 4.69) is 27.2 Å². The molecule has 1 atom stereocenters. The van der Waals surface area contributed by atoms with Crippen molar-refractivity contribution in [3.63, 3.8) is 0 Å². The van der Waals surface area contributed by atoms with Crippen LogP contribution in [0.3, 0.4) is 0 Å². The number of hydrogen-bond donors (Lipinski definition) is 0. The first-order valence-corrected chi connectivity index (χ1v) is 8.77. The minimum Gasteiger partial charge on any atom is -0.486 e. The molecule has 134 valence electrons. The zero-order chi connectivity index (χ0) is 17.1. The lowest BCUT2D eigenvalue weighted by molar-refractivity contribution is 0.170. The zero-order valence-electron chi connectivity index (χ0n) is 14.4. The minimum atomic E-state index is 0.338. The predicted molar refractivity (Wildman–Crippen MR) is 89.7 cm³/mol. The lowest BCUT2D eigenvalue weighted by Crippen LogP contribution is -2.23. The molecular formula is C18H23N3O4. The SMILES string of the molecule is COCCc1noc(CN2CCCC2c2ccc3c(c2)OCCO3)n1. The molecule has 0 N–H and O–H groups in total. The maximum Gasteiger partial charge on any atom is 0.240 e. The van der Waals surface area contributed by atoms with Crippen molar-refractivity contribution in [3.05, 3.63) is 35.5 Å². The van der Waals surface area contributed by atoms with Crippen LogP contribution in [0.2, 0.25) is 0 Å². The fourth-order valence-electron chi connectivity index (χ4n) is 3.48. The van der Waals surface area contributed by atoms with Crippen molar-refractivity contribution in [1.29, 1.82) is 0 Å². The Morgan fingerprint density at radius 1 is 1.24 bits per heavy atom. The van der Waals surface area contributed by atoms with Gasteiger partial charge in [0, 0.05) is 19.6 Å². The van der Waals surface area contributed by atoms with Gasteiger partial charge in [0.2, 0.25) is 5.89 Å². The quantitative estimate of drug-likeness (QED) is 0.796. The summed E-state index contributed by atoms with van der Waals surface area (Å²) in [5, 5.41) is 4.02. The lowest BCUT2D eigenvalue weighted by atomic mass is 10.0. The number of aromatic nitrogens is 2. The molecule has 1 unspecified atom stereocenters. The number of ether oxygens (including phenoxy) is 3. The molecule has 0 amide bonds. The Bertz CT molecular complexity index is 718. The van der Waals surface area contributed by atoms with Crippen LogP contribution in [0, 0.1) is 0 Å². The van der Waals surface area contributed by atoms with E-state index in [1.54, 1.807) is 7.11 Å². The fraction of sp³-hybridized carbons (Fsp3) is 0.556. The van der Waals surface area contributed by atoms with E-state index in [0.29, 0.717) is 50.5 Å². The largest absolute Gasteiger partial charge is 0.486 e. The van der Waals surface area contributed by atoms with Crippen LogP contribution in [0.25, 0.3) is 0 Å². The Morgan fingerprint density at radius 2 is 2.12 bits per heavy atom. The lowest BCUT2D eigenvalue weighted by Gasteiger charge is -2.25. The summed E-state index contributed by atoms with van der Waals surface area (Å²) >= 11 is 0. The first kappa shape index (κ1) is 16.4. The van der Waals surface area contributed by atoms with E-state index in [0.717, 1.165) is 30.9 Å². The Labute approximate surface area is 146 Å². The number of methoxy groups -OCH3 is 1. The molecule has 1 saturated heterocycles. The van der Waals surface area contributed by atoms with Gasteiger partial charge in [-0.3, -0.25) is 4.90 Å². The third-order valence-corrected chi connectivity index (χ3v) is 4.69. The van der Waals surface area contributed by atoms with Crippen LogP contribution in [0.5, 0.6) is 11.5 Å². The van der Waals surface area contributed by atoms with Gasteiger partial charge in [-0.05, 0) is 37.1 Å². The van der Waals surface area contributed by atoms with E-state index in [1.807, 2.05) is 6.07 Å². The Kier molecular flexibility index (Phi) is 4.85. The fourth-order valence-corrected chi connectivity index (χ4v) is 3.48. The molecule has 0 aliphatic carbocycles. The van der Waals surface area contributed by atoms with E-state index >= 15 is 0 Å². The predicted octanol–water partition coefficient (Wildman–Crippen LogP) is 2.37. The van der Waals surface area contributed by atoms with E-state index in [1.165, 1.54) is 5.56 Å². The van der Waals surface area contributed by atoms with Crippen molar-refractivity contribution in [2.75, 3.05) is 33.5 Å². The standard InChI is InChI=1S/C18H23N3O4/c1-22-8-6-17-19-18(25-20-17)12-21-7-2-3-14(21)13-4-5-15-16(11-13)24-10-9-23-15/h4-5,11,14H,2-3,6-10,12H2,1H3. The number of hydrogen-bond acceptors (Lipinski definition) is 7. The Hall–Kier alpha value is -2.12. The second-order valence-corrected chi connectivity index (χ2v) is 6.38. The number of fused-ring (bicyclic) bond motifs is 1. The molecule has 3 heterocycles. The topological polar surface area (TPSA) is 69.9 Å². The smallest absolute Gasteiger partial charge is 0.240 e. The third-order valence-electron chi connectivity index (χ3n) is 4.69. The highest BCUT2D eigenvalue weighted by molar-refractivity contribution is 5.44. The molecule has 0 saturated carbocycles. The minimum absolute atomic E-state index is 0.338. The first-order chi connectivity index (χ1) is 12.3. The molecule has 0 bridgehead atoms. The number of likely N-dealkylation sites (tertiary alicyclic amines) is 1. The molecule has 1 aromatic heterocycles. The average Bonchev–Trinajstić information content (AvgIpc) is 3.29. The van der Waals surface area contributed by atoms with Crippen LogP contribution in [0.1, 0.15) is 36.2 Å². The van der Waals surface area contributed by atoms with Crippen LogP contribution in [-0.4, -0.2) is 48.5 Å². The molecule has 4 rings (SSSR count). The highest BCUT2D eigenvalue weighted by atomic mass is 16.6. The second-order valence-electron chi connectivity index (χ2n) is 6.38. The van der Waals surface area contributed by atoms with Crippen molar-refractivity contribution in [1.82, 2.24) is 15.0 Å². The van der Waals surface area contributed by atoms with Gasteiger partial charge in [-0.15, -0.1) is 0 Å². The van der Waals surface area contributed by atoms with Crippen molar-refractivity contribution in [3.8, 4) is 11.5 Å². The molecule has 7 heteroatoms. The van der Waals surface area contributed by atoms with Crippen molar-refractivity contribution >= 4 is 0 Å². The average molecular weight is 345 g/mol. The second kappa shape index (κ2) is 7.41. The number of nitrogens with zero attached hydrogens (tertiary/aromatic N) is 3. The van der Waals surface area contributed by atoms with Crippen molar-refractivity contribution in [2.24, 2.45) is 0 Å². The third kappa shape index (κ3) is 3.62. The van der Waals surface area contributed by atoms with Gasteiger partial charge in [0.05, 0.1) is 13.2 Å². The summed E-state index contributed by atoms with van der Waals surface area (Å²) in [6.45, 7) is 3.51. The maximum atomic E-state index is 5.72. The van der Waals surface area contributed by atoms with Gasteiger partial charge in [0.25, 0.3) is 0 Å². The normalized spacial score (nSPS) is 20.1. The summed E-state index contributed by atoms with van der Waals surface area (Å²) in [5.74, 6) is 3.04. The van der Waals surface area contributed by atoms with Gasteiger partial charge in [-0.2, -0.15) is 4.98 Å². The van der Waals surface area contributed by atoms with Crippen molar-refractivity contribution < 1.29 is 18.7 Å². The van der Waals surface area contributed by atoms with Crippen LogP contribution >= 0.6 is 0 Å². The van der Waals surface area contributed by atoms with Crippen LogP contribution < -0.4 is 9.47 Å². The Morgan fingerprint density at radius 3 is 3.00 bits per heavy atom. The number of rotatable bonds is 6. The van der Waals surface area contributed by atoms with Crippen LogP contribution in [0.15, 0.2) is 22.7 Å². The molecule has 7 nitrogen and oxygen atoms in total. The molecule has 1 aromatic carbocycles. The summed E-state index contributed by atoms with van der Waals surface area (Å²) in [7, 11) is 1.67. The highest BCUT2D eigenvalue weighted by Gasteiger charge is 2.28. The van der Waals surface area contributed by atoms with Gasteiger partial charge in [-0.25, -0.2) is 0 Å². The highest BCUT2D eigenvalue weighted by Crippen LogP contribution is 2.38. The molecule has 0 radical (unpaired) electrons. The molecule has 0 spiro atoms. The molecule has 1 fully saturated rings. The van der Waals surface area contributed by atoms with Crippen molar-refractivity contribution in [2.45, 2.75) is 31.8 Å². The molecule has 2 aromatic rings. The van der Waals surface area contributed by atoms with E-state index in [-0.39, 0.29) is 0 Å². The van der Waals surface area contributed by atoms with Gasteiger partial charge in [0.15, 0.2) is 17.3 Å². The summed E-state index contributed by atoms with van der Waals surface area (Å²) in [6.07, 6.45) is 2.94. The van der Waals surface area contributed by atoms with E-state index < -0.39 is 0 Å². The number of benzene rings is 1. The monoisotopic (exact) mass is 345 g/mol. The molecule has 2 aliphatic rings. The summed E-state index contributed by atoms with van der Waals surface area (Å²) in [6, 6.07) is 6.59. The molecule has 2 aliphatic heterocycles. The maximum absolute atomic E-state index is 5.72. The van der Waals surface area contributed by atoms with Crippen LogP contribution in [0.4, 0.5) is 0 Å². The van der Waals surface area contributed by atoms with Gasteiger partial charge >= 0.3 is 0 Å². The van der Waals surface area contributed by atoms with E-state index in [9.17, 15) is 0 Å².